The summed E-state index contributed by atoms with van der Waals surface area (Å²) in [5.74, 6) is 0. The molecule has 0 aliphatic heterocycles. The third-order valence-electron chi connectivity index (χ3n) is 1.97. The van der Waals surface area contributed by atoms with Gasteiger partial charge in [0.2, 0.25) is 0 Å². The van der Waals surface area contributed by atoms with Gasteiger partial charge in [-0.2, -0.15) is 15.0 Å². The number of nitro benzene ring substituents is 1. The zero-order chi connectivity index (χ0) is 10.8. The van der Waals surface area contributed by atoms with Crippen LogP contribution in [-0.2, 0) is 7.05 Å². The maximum absolute atomic E-state index is 10.4. The molecular weight excluding hydrogens is 196 g/mol. The van der Waals surface area contributed by atoms with Gasteiger partial charge in [-0.25, -0.2) is 0 Å². The second-order valence-corrected chi connectivity index (χ2v) is 3.02. The molecule has 6 nitrogen and oxygen atoms in total. The number of non-ortho nitro benzene ring substituents is 1. The van der Waals surface area contributed by atoms with Crippen LogP contribution in [-0.4, -0.2) is 19.9 Å². The van der Waals surface area contributed by atoms with Gasteiger partial charge in [-0.05, 0) is 12.1 Å². The number of benzene rings is 1. The van der Waals surface area contributed by atoms with Crippen LogP contribution in [0.2, 0.25) is 0 Å². The SMILES string of the molecule is Cn1ncc(-c2ccc([N+](=O)[O-])cc2)n1. The molecule has 15 heavy (non-hydrogen) atoms. The standard InChI is InChI=1S/C9H8N4O2/c1-12-10-6-9(11-12)7-2-4-8(5-3-7)13(14)15/h2-6H,1H3. The molecule has 0 fully saturated rings. The number of hydrogen-bond acceptors (Lipinski definition) is 4. The Hall–Kier alpha value is -2.24. The molecule has 0 aliphatic rings. The summed E-state index contributed by atoms with van der Waals surface area (Å²) >= 11 is 0. The molecule has 6 heteroatoms. The van der Waals surface area contributed by atoms with Gasteiger partial charge in [0.1, 0.15) is 5.69 Å². The van der Waals surface area contributed by atoms with E-state index in [9.17, 15) is 10.1 Å². The average Bonchev–Trinajstić information content (AvgIpc) is 2.65. The maximum atomic E-state index is 10.4. The zero-order valence-electron chi connectivity index (χ0n) is 7.99. The van der Waals surface area contributed by atoms with Crippen LogP contribution >= 0.6 is 0 Å². The van der Waals surface area contributed by atoms with Gasteiger partial charge in [0.25, 0.3) is 5.69 Å². The first-order valence-corrected chi connectivity index (χ1v) is 4.28. The van der Waals surface area contributed by atoms with Crippen molar-refractivity contribution < 1.29 is 4.92 Å². The van der Waals surface area contributed by atoms with Crippen molar-refractivity contribution in [1.82, 2.24) is 15.0 Å². The second-order valence-electron chi connectivity index (χ2n) is 3.02. The van der Waals surface area contributed by atoms with E-state index in [1.54, 1.807) is 25.4 Å². The average molecular weight is 204 g/mol. The van der Waals surface area contributed by atoms with E-state index in [1.807, 2.05) is 0 Å². The molecule has 0 radical (unpaired) electrons. The first-order valence-electron chi connectivity index (χ1n) is 4.28. The summed E-state index contributed by atoms with van der Waals surface area (Å²) in [5, 5.41) is 18.4. The van der Waals surface area contributed by atoms with Gasteiger partial charge in [0.05, 0.1) is 11.1 Å². The first kappa shape index (κ1) is 9.32. The van der Waals surface area contributed by atoms with Crippen molar-refractivity contribution in [3.8, 4) is 11.3 Å². The van der Waals surface area contributed by atoms with Gasteiger partial charge in [0.15, 0.2) is 0 Å². The van der Waals surface area contributed by atoms with Gasteiger partial charge in [-0.1, -0.05) is 0 Å². The summed E-state index contributed by atoms with van der Waals surface area (Å²) in [7, 11) is 1.72. The second kappa shape index (κ2) is 3.49. The van der Waals surface area contributed by atoms with Crippen molar-refractivity contribution in [2.45, 2.75) is 0 Å². The van der Waals surface area contributed by atoms with E-state index in [0.717, 1.165) is 5.56 Å². The highest BCUT2D eigenvalue weighted by atomic mass is 16.6. The van der Waals surface area contributed by atoms with Crippen molar-refractivity contribution in [1.29, 1.82) is 0 Å². The summed E-state index contributed by atoms with van der Waals surface area (Å²) in [6.07, 6.45) is 1.61. The van der Waals surface area contributed by atoms with Crippen molar-refractivity contribution in [3.05, 3.63) is 40.6 Å². The van der Waals surface area contributed by atoms with Crippen molar-refractivity contribution in [3.63, 3.8) is 0 Å². The van der Waals surface area contributed by atoms with Crippen molar-refractivity contribution in [2.75, 3.05) is 0 Å². The topological polar surface area (TPSA) is 73.8 Å². The third-order valence-corrected chi connectivity index (χ3v) is 1.97. The molecule has 0 saturated carbocycles. The smallest absolute Gasteiger partial charge is 0.258 e. The van der Waals surface area contributed by atoms with Crippen LogP contribution < -0.4 is 0 Å². The Bertz CT molecular complexity index is 489. The third kappa shape index (κ3) is 1.83. The normalized spacial score (nSPS) is 10.2. The fourth-order valence-corrected chi connectivity index (χ4v) is 1.23. The summed E-state index contributed by atoms with van der Waals surface area (Å²) in [6.45, 7) is 0. The van der Waals surface area contributed by atoms with Crippen LogP contribution in [0.5, 0.6) is 0 Å². The molecule has 0 amide bonds. The fourth-order valence-electron chi connectivity index (χ4n) is 1.23. The summed E-state index contributed by atoms with van der Waals surface area (Å²) in [4.78, 5) is 11.4. The molecule has 0 bridgehead atoms. The van der Waals surface area contributed by atoms with Gasteiger partial charge < -0.3 is 0 Å². The van der Waals surface area contributed by atoms with Gasteiger partial charge >= 0.3 is 0 Å². The van der Waals surface area contributed by atoms with Gasteiger partial charge in [-0.3, -0.25) is 10.1 Å². The Labute approximate surface area is 85.3 Å². The lowest BCUT2D eigenvalue weighted by molar-refractivity contribution is -0.384. The Morgan fingerprint density at radius 1 is 1.33 bits per heavy atom. The molecule has 0 aliphatic carbocycles. The number of aromatic nitrogens is 3. The molecule has 0 unspecified atom stereocenters. The van der Waals surface area contributed by atoms with Crippen molar-refractivity contribution >= 4 is 5.69 Å². The lowest BCUT2D eigenvalue weighted by atomic mass is 10.1. The minimum atomic E-state index is -0.430. The Morgan fingerprint density at radius 3 is 2.47 bits per heavy atom. The highest BCUT2D eigenvalue weighted by Gasteiger charge is 2.06. The lowest BCUT2D eigenvalue weighted by Crippen LogP contribution is -1.92. The van der Waals surface area contributed by atoms with E-state index in [-0.39, 0.29) is 5.69 Å². The monoisotopic (exact) mass is 204 g/mol. The summed E-state index contributed by atoms with van der Waals surface area (Å²) < 4.78 is 0. The van der Waals surface area contributed by atoms with Gasteiger partial charge in [-0.15, -0.1) is 0 Å². The molecule has 0 atom stereocenters. The molecule has 76 valence electrons. The van der Waals surface area contributed by atoms with E-state index in [1.165, 1.54) is 16.9 Å². The fraction of sp³-hybridized carbons (Fsp3) is 0.111. The number of hydrogen-bond donors (Lipinski definition) is 0. The van der Waals surface area contributed by atoms with Crippen LogP contribution in [0.4, 0.5) is 5.69 Å². The predicted octanol–water partition coefficient (Wildman–Crippen LogP) is 1.39. The largest absolute Gasteiger partial charge is 0.269 e. The summed E-state index contributed by atoms with van der Waals surface area (Å²) in [5.41, 5.74) is 1.59. The molecule has 1 aromatic carbocycles. The van der Waals surface area contributed by atoms with E-state index in [4.69, 9.17) is 0 Å². The van der Waals surface area contributed by atoms with E-state index < -0.39 is 4.92 Å². The Kier molecular flexibility index (Phi) is 2.17. The minimum Gasteiger partial charge on any atom is -0.258 e. The van der Waals surface area contributed by atoms with Crippen LogP contribution in [0.1, 0.15) is 0 Å². The molecule has 1 heterocycles. The minimum absolute atomic E-state index is 0.0719. The van der Waals surface area contributed by atoms with E-state index in [0.29, 0.717) is 5.69 Å². The molecule has 2 rings (SSSR count). The highest BCUT2D eigenvalue weighted by molar-refractivity contribution is 5.59. The Balaban J connectivity index is 2.35. The maximum Gasteiger partial charge on any atom is 0.269 e. The van der Waals surface area contributed by atoms with Gasteiger partial charge in [0, 0.05) is 24.7 Å². The molecule has 1 aromatic heterocycles. The van der Waals surface area contributed by atoms with Crippen LogP contribution in [0.3, 0.4) is 0 Å². The molecule has 0 N–H and O–H groups in total. The summed E-state index contributed by atoms with van der Waals surface area (Å²) in [6, 6.07) is 6.21. The first-order chi connectivity index (χ1) is 7.16. The number of aryl methyl sites for hydroxylation is 1. The number of nitro groups is 1. The quantitative estimate of drug-likeness (QED) is 0.547. The lowest BCUT2D eigenvalue weighted by Gasteiger charge is -1.94. The number of nitrogens with zero attached hydrogens (tertiary/aromatic N) is 4. The van der Waals surface area contributed by atoms with Crippen molar-refractivity contribution in [2.24, 2.45) is 7.05 Å². The molecule has 0 saturated heterocycles. The predicted molar refractivity (Wildman–Crippen MR) is 53.1 cm³/mol. The Morgan fingerprint density at radius 2 is 2.00 bits per heavy atom. The molecule has 2 aromatic rings. The molecular formula is C9H8N4O2. The van der Waals surface area contributed by atoms with Crippen LogP contribution in [0, 0.1) is 10.1 Å². The molecule has 0 spiro atoms. The zero-order valence-corrected chi connectivity index (χ0v) is 7.99. The van der Waals surface area contributed by atoms with Crippen LogP contribution in [0.25, 0.3) is 11.3 Å². The van der Waals surface area contributed by atoms with E-state index in [2.05, 4.69) is 10.2 Å². The van der Waals surface area contributed by atoms with E-state index >= 15 is 0 Å². The highest BCUT2D eigenvalue weighted by Crippen LogP contribution is 2.19. The number of rotatable bonds is 2. The van der Waals surface area contributed by atoms with Crippen LogP contribution in [0.15, 0.2) is 30.5 Å².